The van der Waals surface area contributed by atoms with Crippen LogP contribution in [0.3, 0.4) is 0 Å². The number of esters is 1. The van der Waals surface area contributed by atoms with Crippen LogP contribution >= 0.6 is 0 Å². The third-order valence-corrected chi connectivity index (χ3v) is 10.1. The molecule has 0 N–H and O–H groups in total. The van der Waals surface area contributed by atoms with E-state index in [1.807, 2.05) is 6.92 Å². The molecule has 4 unspecified atom stereocenters. The highest BCUT2D eigenvalue weighted by molar-refractivity contribution is 6.06. The fourth-order valence-electron chi connectivity index (χ4n) is 7.48. The Morgan fingerprint density at radius 2 is 1.20 bits per heavy atom. The SMILES string of the molecule is CCCCCCCCCCOc1cc(C(=O)OCCN2C(=O)C3C4C=CC(C4)C3C2=O)cc(C)c1OCCCCCCCCCC. The molecule has 0 radical (unpaired) electrons. The minimum absolute atomic E-state index is 0.0251. The maximum absolute atomic E-state index is 13.1. The average molecular weight is 638 g/mol. The van der Waals surface area contributed by atoms with Crippen LogP contribution in [0.2, 0.25) is 0 Å². The van der Waals surface area contributed by atoms with Gasteiger partial charge in [-0.25, -0.2) is 4.79 Å². The summed E-state index contributed by atoms with van der Waals surface area (Å²) in [7, 11) is 0. The molecule has 7 heteroatoms. The van der Waals surface area contributed by atoms with Gasteiger partial charge in [-0.15, -0.1) is 0 Å². The molecule has 2 amide bonds. The number of likely N-dealkylation sites (tertiary alicyclic amines) is 1. The van der Waals surface area contributed by atoms with Gasteiger partial charge in [0.25, 0.3) is 0 Å². The van der Waals surface area contributed by atoms with E-state index in [0.29, 0.717) is 30.3 Å². The van der Waals surface area contributed by atoms with E-state index in [-0.39, 0.29) is 48.6 Å². The zero-order valence-electron chi connectivity index (χ0n) is 28.9. The number of rotatable bonds is 24. The number of benzene rings is 1. The van der Waals surface area contributed by atoms with E-state index in [1.54, 1.807) is 12.1 Å². The Labute approximate surface area is 277 Å². The van der Waals surface area contributed by atoms with Crippen molar-refractivity contribution in [3.05, 3.63) is 35.4 Å². The van der Waals surface area contributed by atoms with Crippen LogP contribution in [0.5, 0.6) is 11.5 Å². The van der Waals surface area contributed by atoms with Crippen molar-refractivity contribution < 1.29 is 28.6 Å². The van der Waals surface area contributed by atoms with Crippen molar-refractivity contribution in [1.29, 1.82) is 0 Å². The molecule has 4 rings (SSSR count). The molecule has 1 aliphatic heterocycles. The standard InChI is InChI=1S/C39H59NO6/c1-4-6-8-10-12-14-16-18-23-44-33-28-32(26-29(3)36(33)45-24-19-17-15-13-11-9-7-5-2)39(43)46-25-22-40-37(41)34-30-20-21-31(27-30)35(34)38(40)42/h20-21,26,28,30-31,34-35H,4-19,22-25,27H2,1-3H3. The molecule has 0 aromatic heterocycles. The Morgan fingerprint density at radius 1 is 0.696 bits per heavy atom. The predicted molar refractivity (Wildman–Crippen MR) is 182 cm³/mol. The second-order valence-electron chi connectivity index (χ2n) is 13.7. The van der Waals surface area contributed by atoms with Gasteiger partial charge in [-0.05, 0) is 55.7 Å². The Morgan fingerprint density at radius 3 is 1.74 bits per heavy atom. The number of allylic oxidation sites excluding steroid dienone is 2. The second-order valence-corrected chi connectivity index (χ2v) is 13.7. The van der Waals surface area contributed by atoms with Crippen LogP contribution in [0.15, 0.2) is 24.3 Å². The maximum Gasteiger partial charge on any atom is 0.338 e. The van der Waals surface area contributed by atoms with Gasteiger partial charge in [0, 0.05) is 0 Å². The van der Waals surface area contributed by atoms with Crippen molar-refractivity contribution in [2.75, 3.05) is 26.4 Å². The van der Waals surface area contributed by atoms with E-state index >= 15 is 0 Å². The molecule has 1 saturated carbocycles. The number of hydrogen-bond donors (Lipinski definition) is 0. The van der Waals surface area contributed by atoms with Gasteiger partial charge in [0.2, 0.25) is 11.8 Å². The van der Waals surface area contributed by atoms with Crippen LogP contribution in [0.25, 0.3) is 0 Å². The zero-order valence-corrected chi connectivity index (χ0v) is 28.9. The van der Waals surface area contributed by atoms with E-state index in [4.69, 9.17) is 14.2 Å². The topological polar surface area (TPSA) is 82.1 Å². The van der Waals surface area contributed by atoms with Crippen LogP contribution < -0.4 is 9.47 Å². The molecule has 2 fully saturated rings. The van der Waals surface area contributed by atoms with Crippen molar-refractivity contribution in [3.63, 3.8) is 0 Å². The lowest BCUT2D eigenvalue weighted by Crippen LogP contribution is -2.36. The first-order chi connectivity index (χ1) is 22.5. The van der Waals surface area contributed by atoms with E-state index in [1.165, 1.54) is 81.9 Å². The van der Waals surface area contributed by atoms with Crippen LogP contribution in [0.1, 0.15) is 139 Å². The Hall–Kier alpha value is -2.83. The molecule has 3 aliphatic rings. The molecule has 1 aromatic rings. The molecule has 1 saturated heterocycles. The molecule has 7 nitrogen and oxygen atoms in total. The van der Waals surface area contributed by atoms with Gasteiger partial charge in [-0.2, -0.15) is 0 Å². The second kappa shape index (κ2) is 19.1. The summed E-state index contributed by atoms with van der Waals surface area (Å²) < 4.78 is 18.1. The molecule has 1 heterocycles. The largest absolute Gasteiger partial charge is 0.490 e. The summed E-state index contributed by atoms with van der Waals surface area (Å²) in [6.45, 7) is 7.67. The summed E-state index contributed by atoms with van der Waals surface area (Å²) in [6.07, 6.45) is 24.7. The number of imide groups is 1. The number of carbonyl (C=O) groups excluding carboxylic acids is 3. The van der Waals surface area contributed by atoms with Gasteiger partial charge in [0.1, 0.15) is 6.61 Å². The minimum Gasteiger partial charge on any atom is -0.490 e. The monoisotopic (exact) mass is 637 g/mol. The maximum atomic E-state index is 13.1. The van der Waals surface area contributed by atoms with Gasteiger partial charge >= 0.3 is 5.97 Å². The van der Waals surface area contributed by atoms with Crippen molar-refractivity contribution in [2.45, 2.75) is 130 Å². The van der Waals surface area contributed by atoms with Crippen molar-refractivity contribution in [3.8, 4) is 11.5 Å². The molecule has 2 bridgehead atoms. The Bertz CT molecular complexity index is 1130. The van der Waals surface area contributed by atoms with E-state index < -0.39 is 5.97 Å². The quantitative estimate of drug-likeness (QED) is 0.0487. The van der Waals surface area contributed by atoms with E-state index in [9.17, 15) is 14.4 Å². The lowest BCUT2D eigenvalue weighted by molar-refractivity contribution is -0.141. The Balaban J connectivity index is 1.27. The van der Waals surface area contributed by atoms with Crippen LogP contribution in [-0.4, -0.2) is 49.0 Å². The lowest BCUT2D eigenvalue weighted by Gasteiger charge is -2.18. The molecular weight excluding hydrogens is 578 g/mol. The number of ether oxygens (including phenoxy) is 3. The number of nitrogens with zero attached hydrogens (tertiary/aromatic N) is 1. The number of carbonyl (C=O) groups is 3. The van der Waals surface area contributed by atoms with Crippen molar-refractivity contribution in [2.24, 2.45) is 23.7 Å². The van der Waals surface area contributed by atoms with Crippen LogP contribution in [-0.2, 0) is 14.3 Å². The lowest BCUT2D eigenvalue weighted by atomic mass is 9.85. The fourth-order valence-corrected chi connectivity index (χ4v) is 7.48. The molecule has 0 spiro atoms. The summed E-state index contributed by atoms with van der Waals surface area (Å²) in [4.78, 5) is 40.4. The highest BCUT2D eigenvalue weighted by Gasteiger charge is 2.59. The van der Waals surface area contributed by atoms with Gasteiger partial charge in [0.05, 0.1) is 37.2 Å². The number of amides is 2. The first kappa shape index (κ1) is 36.0. The predicted octanol–water partition coefficient (Wildman–Crippen LogP) is 9.00. The number of aryl methyl sites for hydroxylation is 1. The molecule has 1 aromatic carbocycles. The van der Waals surface area contributed by atoms with Crippen molar-refractivity contribution >= 4 is 17.8 Å². The number of fused-ring (bicyclic) bond motifs is 5. The highest BCUT2D eigenvalue weighted by Crippen LogP contribution is 2.52. The molecular formula is C39H59NO6. The van der Waals surface area contributed by atoms with Gasteiger partial charge in [-0.1, -0.05) is 116 Å². The van der Waals surface area contributed by atoms with Gasteiger partial charge in [-0.3, -0.25) is 14.5 Å². The third-order valence-electron chi connectivity index (χ3n) is 10.1. The summed E-state index contributed by atoms with van der Waals surface area (Å²) >= 11 is 0. The smallest absolute Gasteiger partial charge is 0.338 e. The van der Waals surface area contributed by atoms with Crippen LogP contribution in [0.4, 0.5) is 0 Å². The average Bonchev–Trinajstić information content (AvgIpc) is 3.74. The Kier molecular flexibility index (Phi) is 15.0. The van der Waals surface area contributed by atoms with Crippen LogP contribution in [0, 0.1) is 30.6 Å². The minimum atomic E-state index is -0.490. The first-order valence-electron chi connectivity index (χ1n) is 18.6. The third kappa shape index (κ3) is 9.84. The molecule has 256 valence electrons. The fraction of sp³-hybridized carbons (Fsp3) is 0.718. The molecule has 2 aliphatic carbocycles. The normalized spacial score (nSPS) is 21.3. The molecule has 46 heavy (non-hydrogen) atoms. The van der Waals surface area contributed by atoms with E-state index in [2.05, 4.69) is 26.0 Å². The zero-order chi connectivity index (χ0) is 32.7. The van der Waals surface area contributed by atoms with E-state index in [0.717, 1.165) is 37.7 Å². The number of hydrogen-bond acceptors (Lipinski definition) is 6. The van der Waals surface area contributed by atoms with Gasteiger partial charge < -0.3 is 14.2 Å². The summed E-state index contributed by atoms with van der Waals surface area (Å²) in [5, 5.41) is 0. The van der Waals surface area contributed by atoms with Gasteiger partial charge in [0.15, 0.2) is 11.5 Å². The highest BCUT2D eigenvalue weighted by atomic mass is 16.5. The molecule has 4 atom stereocenters. The summed E-state index contributed by atoms with van der Waals surface area (Å²) in [5.41, 5.74) is 1.22. The summed E-state index contributed by atoms with van der Waals surface area (Å²) in [5.74, 6) is 0.416. The summed E-state index contributed by atoms with van der Waals surface area (Å²) in [6, 6.07) is 3.51. The van der Waals surface area contributed by atoms with Crippen molar-refractivity contribution in [1.82, 2.24) is 4.90 Å². The number of unbranched alkanes of at least 4 members (excludes halogenated alkanes) is 14. The first-order valence-corrected chi connectivity index (χ1v) is 18.6.